The molecule has 0 amide bonds. The summed E-state index contributed by atoms with van der Waals surface area (Å²) in [7, 11) is 0. The standard InChI is InChI=1S/C61H40B4/c1-5-21-41(22-6-1)62-51-33-17-19-35-53(51)64(43-25-9-3-10-26-43)59-55(62)39-37-49-57(59)45-29-13-15-31-47(45)61(49)48-32-16-14-30-46(48)58-50(61)38-40-56-60(58)65(44-27-11-4-12-28-44)54-36-20-18-34-52(54)63(56)42-23-7-2-8-24-42/h1-40H. The number of benzene rings is 10. The molecule has 2 aliphatic heterocycles. The van der Waals surface area contributed by atoms with Crippen molar-refractivity contribution in [1.82, 2.24) is 0 Å². The SMILES string of the molecule is c1ccc(B2c3ccccc3B(c3ccccc3)c3c2ccc2c3-c3ccccc3C23c2ccccc2-c2c3ccc3c2B(c2ccccc2)c2ccccc2B3c2ccccc2)cc1. The Hall–Kier alpha value is -7.54. The third-order valence-corrected chi connectivity index (χ3v) is 15.5. The lowest BCUT2D eigenvalue weighted by Gasteiger charge is -2.36. The first-order valence-electron chi connectivity index (χ1n) is 23.2. The van der Waals surface area contributed by atoms with Crippen molar-refractivity contribution in [3.63, 3.8) is 0 Å². The van der Waals surface area contributed by atoms with Crippen LogP contribution in [0, 0.1) is 0 Å². The van der Waals surface area contributed by atoms with Crippen LogP contribution in [-0.2, 0) is 5.41 Å². The van der Waals surface area contributed by atoms with E-state index in [4.69, 9.17) is 0 Å². The molecule has 0 aromatic heterocycles. The molecule has 4 heteroatoms. The Morgan fingerprint density at radius 2 is 0.508 bits per heavy atom. The van der Waals surface area contributed by atoms with Gasteiger partial charge in [0.1, 0.15) is 0 Å². The fourth-order valence-corrected chi connectivity index (χ4v) is 13.2. The molecule has 0 bridgehead atoms. The maximum absolute atomic E-state index is 2.54. The number of fused-ring (bicyclic) bond motifs is 16. The Morgan fingerprint density at radius 3 is 0.877 bits per heavy atom. The molecule has 296 valence electrons. The van der Waals surface area contributed by atoms with Gasteiger partial charge in [0, 0.05) is 0 Å². The molecular weight excluding hydrogens is 776 g/mol. The monoisotopic (exact) mass is 816 g/mol. The van der Waals surface area contributed by atoms with Crippen LogP contribution in [0.3, 0.4) is 0 Å². The van der Waals surface area contributed by atoms with Gasteiger partial charge in [-0.1, -0.05) is 308 Å². The summed E-state index contributed by atoms with van der Waals surface area (Å²) in [5.74, 6) is 0. The van der Waals surface area contributed by atoms with Crippen LogP contribution in [0.25, 0.3) is 22.3 Å². The normalized spacial score (nSPS) is 14.2. The second-order valence-electron chi connectivity index (χ2n) is 18.5. The average Bonchev–Trinajstić information content (AvgIpc) is 3.86. The molecule has 65 heavy (non-hydrogen) atoms. The number of hydrogen-bond donors (Lipinski definition) is 0. The molecule has 0 saturated heterocycles. The van der Waals surface area contributed by atoms with Crippen molar-refractivity contribution < 1.29 is 0 Å². The molecule has 14 rings (SSSR count). The Morgan fingerprint density at radius 1 is 0.215 bits per heavy atom. The molecule has 0 atom stereocenters. The van der Waals surface area contributed by atoms with Gasteiger partial charge in [-0.15, -0.1) is 0 Å². The van der Waals surface area contributed by atoms with E-state index in [1.807, 2.05) is 0 Å². The number of rotatable bonds is 4. The maximum Gasteiger partial charge on any atom is 0.240 e. The van der Waals surface area contributed by atoms with Crippen LogP contribution in [0.5, 0.6) is 0 Å². The molecule has 1 spiro atoms. The molecule has 0 saturated carbocycles. The maximum atomic E-state index is 2.54. The quantitative estimate of drug-likeness (QED) is 0.226. The lowest BCUT2D eigenvalue weighted by atomic mass is 9.20. The van der Waals surface area contributed by atoms with Crippen molar-refractivity contribution in [2.24, 2.45) is 0 Å². The van der Waals surface area contributed by atoms with Gasteiger partial charge in [0.05, 0.1) is 5.41 Å². The zero-order chi connectivity index (χ0) is 42.6. The smallest absolute Gasteiger partial charge is 0.0733 e. The summed E-state index contributed by atoms with van der Waals surface area (Å²) < 4.78 is 0. The molecule has 10 aromatic rings. The van der Waals surface area contributed by atoms with E-state index in [0.717, 1.165) is 0 Å². The van der Waals surface area contributed by atoms with Gasteiger partial charge in [0.25, 0.3) is 0 Å². The Kier molecular flexibility index (Phi) is 8.08. The van der Waals surface area contributed by atoms with Gasteiger partial charge in [0.15, 0.2) is 0 Å². The van der Waals surface area contributed by atoms with Crippen LogP contribution in [0.1, 0.15) is 22.3 Å². The predicted octanol–water partition coefficient (Wildman–Crippen LogP) is 4.72. The largest absolute Gasteiger partial charge is 0.240 e. The van der Waals surface area contributed by atoms with E-state index in [-0.39, 0.29) is 26.9 Å². The molecule has 0 radical (unpaired) electrons. The average molecular weight is 816 g/mol. The fraction of sp³-hybridized carbons (Fsp3) is 0.0164. The highest BCUT2D eigenvalue weighted by Gasteiger charge is 2.56. The van der Waals surface area contributed by atoms with Crippen LogP contribution in [-0.4, -0.2) is 26.9 Å². The van der Waals surface area contributed by atoms with Crippen molar-refractivity contribution in [2.45, 2.75) is 5.41 Å². The molecule has 0 unspecified atom stereocenters. The molecule has 2 aliphatic carbocycles. The van der Waals surface area contributed by atoms with E-state index in [9.17, 15) is 0 Å². The van der Waals surface area contributed by atoms with Gasteiger partial charge < -0.3 is 0 Å². The molecular formula is C61H40B4. The van der Waals surface area contributed by atoms with Crippen molar-refractivity contribution in [3.8, 4) is 22.3 Å². The second kappa shape index (κ2) is 14.2. The van der Waals surface area contributed by atoms with Crippen LogP contribution in [0.2, 0.25) is 0 Å². The zero-order valence-electron chi connectivity index (χ0n) is 35.9. The summed E-state index contributed by atoms with van der Waals surface area (Å²) in [5.41, 5.74) is 27.1. The fourth-order valence-electron chi connectivity index (χ4n) is 13.2. The minimum Gasteiger partial charge on any atom is -0.0733 e. The summed E-state index contributed by atoms with van der Waals surface area (Å²) in [4.78, 5) is 0. The first-order valence-corrected chi connectivity index (χ1v) is 23.2. The zero-order valence-corrected chi connectivity index (χ0v) is 35.9. The van der Waals surface area contributed by atoms with Crippen molar-refractivity contribution in [1.29, 1.82) is 0 Å². The van der Waals surface area contributed by atoms with Gasteiger partial charge >= 0.3 is 0 Å². The van der Waals surface area contributed by atoms with Gasteiger partial charge in [-0.25, -0.2) is 0 Å². The van der Waals surface area contributed by atoms with Crippen LogP contribution < -0.4 is 65.6 Å². The van der Waals surface area contributed by atoms with E-state index in [0.29, 0.717) is 0 Å². The molecule has 2 heterocycles. The van der Waals surface area contributed by atoms with Crippen molar-refractivity contribution in [2.75, 3.05) is 0 Å². The lowest BCUT2D eigenvalue weighted by Crippen LogP contribution is -2.75. The highest BCUT2D eigenvalue weighted by atomic mass is 14.5. The van der Waals surface area contributed by atoms with E-state index < -0.39 is 5.41 Å². The molecule has 0 nitrogen and oxygen atoms in total. The topological polar surface area (TPSA) is 0 Å². The van der Waals surface area contributed by atoms with Gasteiger partial charge in [-0.05, 0) is 44.5 Å². The van der Waals surface area contributed by atoms with Gasteiger partial charge in [-0.2, -0.15) is 0 Å². The molecule has 4 aliphatic rings. The van der Waals surface area contributed by atoms with E-state index in [1.165, 1.54) is 110 Å². The van der Waals surface area contributed by atoms with Crippen molar-refractivity contribution >= 4 is 92.4 Å². The highest BCUT2D eigenvalue weighted by Crippen LogP contribution is 2.62. The van der Waals surface area contributed by atoms with E-state index >= 15 is 0 Å². The summed E-state index contributed by atoms with van der Waals surface area (Å²) in [6.07, 6.45) is 0. The minimum absolute atomic E-state index is 0.0609. The Bertz CT molecular complexity index is 3280. The Balaban J connectivity index is 1.12. The summed E-state index contributed by atoms with van der Waals surface area (Å²) in [5, 5.41) is 0. The molecule has 10 aromatic carbocycles. The van der Waals surface area contributed by atoms with Crippen LogP contribution >= 0.6 is 0 Å². The summed E-state index contributed by atoms with van der Waals surface area (Å²) in [6, 6.07) is 92.5. The van der Waals surface area contributed by atoms with Crippen LogP contribution in [0.15, 0.2) is 243 Å². The predicted molar refractivity (Wildman–Crippen MR) is 280 cm³/mol. The van der Waals surface area contributed by atoms with Crippen LogP contribution in [0.4, 0.5) is 0 Å². The third kappa shape index (κ3) is 5.03. The van der Waals surface area contributed by atoms with E-state index in [2.05, 4.69) is 243 Å². The third-order valence-electron chi connectivity index (χ3n) is 15.5. The van der Waals surface area contributed by atoms with Crippen molar-refractivity contribution in [3.05, 3.63) is 265 Å². The van der Waals surface area contributed by atoms with Gasteiger partial charge in [-0.3, -0.25) is 0 Å². The number of hydrogen-bond acceptors (Lipinski definition) is 0. The van der Waals surface area contributed by atoms with Gasteiger partial charge in [0.2, 0.25) is 26.9 Å². The molecule has 0 N–H and O–H groups in total. The lowest BCUT2D eigenvalue weighted by molar-refractivity contribution is 0.795. The molecule has 0 fully saturated rings. The first-order chi connectivity index (χ1) is 32.3. The minimum atomic E-state index is -0.525. The highest BCUT2D eigenvalue weighted by molar-refractivity contribution is 7.12. The second-order valence-corrected chi connectivity index (χ2v) is 18.5. The van der Waals surface area contributed by atoms with E-state index in [1.54, 1.807) is 0 Å². The summed E-state index contributed by atoms with van der Waals surface area (Å²) in [6.45, 7) is 0.331. The first kappa shape index (κ1) is 36.9. The Labute approximate surface area is 383 Å². The summed E-state index contributed by atoms with van der Waals surface area (Å²) >= 11 is 0.